The second-order valence-corrected chi connectivity index (χ2v) is 4.34. The quantitative estimate of drug-likeness (QED) is 0.797. The highest BCUT2D eigenvalue weighted by molar-refractivity contribution is 5.23. The lowest BCUT2D eigenvalue weighted by Crippen LogP contribution is -2.10. The number of allylic oxidation sites excluding steroid dienone is 4. The highest BCUT2D eigenvalue weighted by atomic mass is 16.3. The van der Waals surface area contributed by atoms with Crippen molar-refractivity contribution in [2.45, 2.75) is 31.8 Å². The van der Waals surface area contributed by atoms with E-state index in [1.807, 2.05) is 18.2 Å². The van der Waals surface area contributed by atoms with Gasteiger partial charge in [0.1, 0.15) is 0 Å². The second kappa shape index (κ2) is 5.66. The van der Waals surface area contributed by atoms with Gasteiger partial charge in [0.25, 0.3) is 0 Å². The molecule has 0 aliphatic heterocycles. The number of hydrogen-bond donors (Lipinski definition) is 1. The van der Waals surface area contributed by atoms with Gasteiger partial charge in [0.05, 0.1) is 6.10 Å². The Morgan fingerprint density at radius 3 is 2.69 bits per heavy atom. The van der Waals surface area contributed by atoms with Gasteiger partial charge in [0.15, 0.2) is 0 Å². The summed E-state index contributed by atoms with van der Waals surface area (Å²) in [5, 5.41) is 9.92. The lowest BCUT2D eigenvalue weighted by atomic mass is 10.0. The van der Waals surface area contributed by atoms with Crippen LogP contribution in [0.4, 0.5) is 0 Å². The zero-order chi connectivity index (χ0) is 11.2. The first-order chi connectivity index (χ1) is 7.84. The molecule has 1 aliphatic carbocycles. The molecular formula is C15H18O. The number of rotatable bonds is 5. The minimum Gasteiger partial charge on any atom is -0.393 e. The summed E-state index contributed by atoms with van der Waals surface area (Å²) < 4.78 is 0. The van der Waals surface area contributed by atoms with E-state index in [1.165, 1.54) is 11.1 Å². The van der Waals surface area contributed by atoms with Crippen LogP contribution in [0.25, 0.3) is 0 Å². The van der Waals surface area contributed by atoms with Gasteiger partial charge in [-0.25, -0.2) is 0 Å². The SMILES string of the molecule is O[C@H](CCC1=CC=CC1)Cc1ccccc1. The van der Waals surface area contributed by atoms with Gasteiger partial charge in [0, 0.05) is 0 Å². The third kappa shape index (κ3) is 3.35. The summed E-state index contributed by atoms with van der Waals surface area (Å²) in [6.07, 6.45) is 9.92. The van der Waals surface area contributed by atoms with E-state index in [9.17, 15) is 5.11 Å². The molecule has 0 fully saturated rings. The molecule has 1 N–H and O–H groups in total. The number of benzene rings is 1. The standard InChI is InChI=1S/C15H18O/c16-15(11-10-13-6-4-5-7-13)12-14-8-2-1-3-9-14/h1-6,8-9,15-16H,7,10-12H2/t15-/m1/s1. The smallest absolute Gasteiger partial charge is 0.0583 e. The normalized spacial score (nSPS) is 16.2. The molecule has 1 atom stereocenters. The summed E-state index contributed by atoms with van der Waals surface area (Å²) in [7, 11) is 0. The molecule has 0 unspecified atom stereocenters. The molecule has 0 amide bonds. The van der Waals surface area contributed by atoms with Crippen molar-refractivity contribution in [3.8, 4) is 0 Å². The molecular weight excluding hydrogens is 196 g/mol. The molecule has 2 rings (SSSR count). The maximum Gasteiger partial charge on any atom is 0.0583 e. The molecule has 0 spiro atoms. The van der Waals surface area contributed by atoms with Gasteiger partial charge in [-0.05, 0) is 31.2 Å². The van der Waals surface area contributed by atoms with Crippen LogP contribution < -0.4 is 0 Å². The highest BCUT2D eigenvalue weighted by Gasteiger charge is 2.07. The molecule has 1 aromatic carbocycles. The molecule has 0 aromatic heterocycles. The first kappa shape index (κ1) is 11.2. The molecule has 16 heavy (non-hydrogen) atoms. The Bertz CT molecular complexity index is 376. The van der Waals surface area contributed by atoms with Crippen LogP contribution in [0.1, 0.15) is 24.8 Å². The number of aliphatic hydroxyl groups excluding tert-OH is 1. The summed E-state index contributed by atoms with van der Waals surface area (Å²) >= 11 is 0. The Morgan fingerprint density at radius 1 is 1.19 bits per heavy atom. The van der Waals surface area contributed by atoms with E-state index in [1.54, 1.807) is 0 Å². The fraction of sp³-hybridized carbons (Fsp3) is 0.333. The number of aliphatic hydroxyl groups is 1. The van der Waals surface area contributed by atoms with E-state index in [-0.39, 0.29) is 6.10 Å². The van der Waals surface area contributed by atoms with Gasteiger partial charge in [-0.3, -0.25) is 0 Å². The molecule has 0 bridgehead atoms. The lowest BCUT2D eigenvalue weighted by molar-refractivity contribution is 0.165. The van der Waals surface area contributed by atoms with Crippen LogP contribution in [0.3, 0.4) is 0 Å². The van der Waals surface area contributed by atoms with Crippen molar-refractivity contribution in [2.75, 3.05) is 0 Å². The van der Waals surface area contributed by atoms with Crippen molar-refractivity contribution in [3.63, 3.8) is 0 Å². The molecule has 1 aliphatic rings. The van der Waals surface area contributed by atoms with Gasteiger partial charge >= 0.3 is 0 Å². The molecule has 1 nitrogen and oxygen atoms in total. The summed E-state index contributed by atoms with van der Waals surface area (Å²) in [4.78, 5) is 0. The average molecular weight is 214 g/mol. The van der Waals surface area contributed by atoms with Gasteiger partial charge in [-0.15, -0.1) is 0 Å². The second-order valence-electron chi connectivity index (χ2n) is 4.34. The molecule has 0 saturated carbocycles. The summed E-state index contributed by atoms with van der Waals surface area (Å²) in [5.74, 6) is 0. The Morgan fingerprint density at radius 2 is 2.00 bits per heavy atom. The van der Waals surface area contributed by atoms with E-state index in [4.69, 9.17) is 0 Å². The summed E-state index contributed by atoms with van der Waals surface area (Å²) in [6, 6.07) is 10.2. The Balaban J connectivity index is 1.74. The fourth-order valence-corrected chi connectivity index (χ4v) is 2.02. The largest absolute Gasteiger partial charge is 0.393 e. The van der Waals surface area contributed by atoms with Crippen LogP contribution in [-0.2, 0) is 6.42 Å². The molecule has 0 saturated heterocycles. The molecule has 0 heterocycles. The van der Waals surface area contributed by atoms with Gasteiger partial charge < -0.3 is 5.11 Å². The van der Waals surface area contributed by atoms with Crippen molar-refractivity contribution < 1.29 is 5.11 Å². The van der Waals surface area contributed by atoms with Crippen LogP contribution >= 0.6 is 0 Å². The fourth-order valence-electron chi connectivity index (χ4n) is 2.02. The van der Waals surface area contributed by atoms with E-state index in [0.717, 1.165) is 25.7 Å². The monoisotopic (exact) mass is 214 g/mol. The van der Waals surface area contributed by atoms with E-state index in [2.05, 4.69) is 30.4 Å². The Kier molecular flexibility index (Phi) is 3.95. The maximum absolute atomic E-state index is 9.92. The molecule has 1 aromatic rings. The van der Waals surface area contributed by atoms with Crippen LogP contribution in [0, 0.1) is 0 Å². The van der Waals surface area contributed by atoms with Crippen LogP contribution in [0.15, 0.2) is 54.1 Å². The average Bonchev–Trinajstić information content (AvgIpc) is 2.81. The predicted octanol–water partition coefficient (Wildman–Crippen LogP) is 3.26. The van der Waals surface area contributed by atoms with E-state index >= 15 is 0 Å². The predicted molar refractivity (Wildman–Crippen MR) is 67.2 cm³/mol. The topological polar surface area (TPSA) is 20.2 Å². The Hall–Kier alpha value is -1.34. The van der Waals surface area contributed by atoms with Gasteiger partial charge in [-0.1, -0.05) is 54.1 Å². The van der Waals surface area contributed by atoms with Crippen molar-refractivity contribution >= 4 is 0 Å². The van der Waals surface area contributed by atoms with Crippen LogP contribution in [-0.4, -0.2) is 11.2 Å². The van der Waals surface area contributed by atoms with Crippen molar-refractivity contribution in [1.29, 1.82) is 0 Å². The highest BCUT2D eigenvalue weighted by Crippen LogP contribution is 2.18. The summed E-state index contributed by atoms with van der Waals surface area (Å²) in [6.45, 7) is 0. The molecule has 0 radical (unpaired) electrons. The molecule has 1 heteroatoms. The van der Waals surface area contributed by atoms with Crippen molar-refractivity contribution in [1.82, 2.24) is 0 Å². The first-order valence-corrected chi connectivity index (χ1v) is 5.91. The number of hydrogen-bond acceptors (Lipinski definition) is 1. The van der Waals surface area contributed by atoms with Gasteiger partial charge in [0.2, 0.25) is 0 Å². The minimum atomic E-state index is -0.219. The summed E-state index contributed by atoms with van der Waals surface area (Å²) in [5.41, 5.74) is 2.65. The van der Waals surface area contributed by atoms with E-state index in [0.29, 0.717) is 0 Å². The molecule has 84 valence electrons. The van der Waals surface area contributed by atoms with Crippen molar-refractivity contribution in [2.24, 2.45) is 0 Å². The Labute approximate surface area is 97.1 Å². The van der Waals surface area contributed by atoms with Gasteiger partial charge in [-0.2, -0.15) is 0 Å². The maximum atomic E-state index is 9.92. The third-order valence-corrected chi connectivity index (χ3v) is 2.96. The van der Waals surface area contributed by atoms with Crippen LogP contribution in [0.5, 0.6) is 0 Å². The zero-order valence-electron chi connectivity index (χ0n) is 9.47. The van der Waals surface area contributed by atoms with E-state index < -0.39 is 0 Å². The first-order valence-electron chi connectivity index (χ1n) is 5.91. The van der Waals surface area contributed by atoms with Crippen molar-refractivity contribution in [3.05, 3.63) is 59.7 Å². The third-order valence-electron chi connectivity index (χ3n) is 2.96. The lowest BCUT2D eigenvalue weighted by Gasteiger charge is -2.10. The minimum absolute atomic E-state index is 0.219. The van der Waals surface area contributed by atoms with Crippen LogP contribution in [0.2, 0.25) is 0 Å². The zero-order valence-corrected chi connectivity index (χ0v) is 9.47.